The van der Waals surface area contributed by atoms with E-state index in [4.69, 9.17) is 9.47 Å². The SMILES string of the molecule is CCCCOc1nc(NCCC)nc(OC)n1. The summed E-state index contributed by atoms with van der Waals surface area (Å²) >= 11 is 0. The van der Waals surface area contributed by atoms with Crippen molar-refractivity contribution in [2.45, 2.75) is 33.1 Å². The number of hydrogen-bond acceptors (Lipinski definition) is 6. The van der Waals surface area contributed by atoms with E-state index in [0.717, 1.165) is 25.8 Å². The standard InChI is InChI=1S/C11H20N4O2/c1-4-6-8-17-11-14-9(12-7-5-2)13-10(15-11)16-3/h4-8H2,1-3H3,(H,12,13,14,15). The molecular formula is C11H20N4O2. The maximum atomic E-state index is 5.43. The lowest BCUT2D eigenvalue weighted by molar-refractivity contribution is 0.275. The Morgan fingerprint density at radius 3 is 2.47 bits per heavy atom. The summed E-state index contributed by atoms with van der Waals surface area (Å²) < 4.78 is 10.4. The van der Waals surface area contributed by atoms with Crippen LogP contribution in [0.1, 0.15) is 33.1 Å². The van der Waals surface area contributed by atoms with Crippen LogP contribution in [0.25, 0.3) is 0 Å². The van der Waals surface area contributed by atoms with Gasteiger partial charge in [-0.15, -0.1) is 4.98 Å². The van der Waals surface area contributed by atoms with Gasteiger partial charge < -0.3 is 14.8 Å². The van der Waals surface area contributed by atoms with Crippen molar-refractivity contribution < 1.29 is 9.47 Å². The van der Waals surface area contributed by atoms with E-state index >= 15 is 0 Å². The molecule has 1 aromatic heterocycles. The highest BCUT2D eigenvalue weighted by molar-refractivity contribution is 5.27. The van der Waals surface area contributed by atoms with E-state index < -0.39 is 0 Å². The van der Waals surface area contributed by atoms with Gasteiger partial charge in [0.25, 0.3) is 0 Å². The summed E-state index contributed by atoms with van der Waals surface area (Å²) in [6.07, 6.45) is 3.05. The molecule has 0 aliphatic rings. The van der Waals surface area contributed by atoms with Crippen molar-refractivity contribution >= 4 is 5.95 Å². The summed E-state index contributed by atoms with van der Waals surface area (Å²) in [4.78, 5) is 12.3. The maximum Gasteiger partial charge on any atom is 0.324 e. The van der Waals surface area contributed by atoms with Gasteiger partial charge in [0, 0.05) is 6.54 Å². The second-order valence-corrected chi connectivity index (χ2v) is 3.56. The average molecular weight is 240 g/mol. The topological polar surface area (TPSA) is 69.2 Å². The first-order chi connectivity index (χ1) is 8.30. The van der Waals surface area contributed by atoms with Crippen LogP contribution in [0.4, 0.5) is 5.95 Å². The third kappa shape index (κ3) is 4.84. The molecule has 1 heterocycles. The normalized spacial score (nSPS) is 10.1. The Bertz CT molecular complexity index is 333. The lowest BCUT2D eigenvalue weighted by atomic mass is 10.4. The van der Waals surface area contributed by atoms with Crippen LogP contribution in [0.2, 0.25) is 0 Å². The average Bonchev–Trinajstić information content (AvgIpc) is 2.36. The molecule has 1 N–H and O–H groups in total. The van der Waals surface area contributed by atoms with Crippen LogP contribution in [0.3, 0.4) is 0 Å². The molecule has 96 valence electrons. The number of methoxy groups -OCH3 is 1. The Labute approximate surface area is 102 Å². The Morgan fingerprint density at radius 1 is 1.06 bits per heavy atom. The van der Waals surface area contributed by atoms with Gasteiger partial charge in [0.2, 0.25) is 5.95 Å². The van der Waals surface area contributed by atoms with E-state index in [1.807, 2.05) is 0 Å². The van der Waals surface area contributed by atoms with Gasteiger partial charge in [0.05, 0.1) is 13.7 Å². The second-order valence-electron chi connectivity index (χ2n) is 3.56. The van der Waals surface area contributed by atoms with E-state index in [-0.39, 0.29) is 6.01 Å². The fraction of sp³-hybridized carbons (Fsp3) is 0.727. The highest BCUT2D eigenvalue weighted by atomic mass is 16.5. The minimum absolute atomic E-state index is 0.269. The van der Waals surface area contributed by atoms with Crippen molar-refractivity contribution in [1.29, 1.82) is 0 Å². The van der Waals surface area contributed by atoms with Crippen LogP contribution in [0.5, 0.6) is 12.0 Å². The monoisotopic (exact) mass is 240 g/mol. The zero-order valence-electron chi connectivity index (χ0n) is 10.7. The van der Waals surface area contributed by atoms with Crippen molar-refractivity contribution in [2.24, 2.45) is 0 Å². The highest BCUT2D eigenvalue weighted by Crippen LogP contribution is 2.12. The first-order valence-electron chi connectivity index (χ1n) is 5.96. The Hall–Kier alpha value is -1.59. The van der Waals surface area contributed by atoms with E-state index in [9.17, 15) is 0 Å². The molecule has 0 aliphatic carbocycles. The van der Waals surface area contributed by atoms with E-state index in [0.29, 0.717) is 18.6 Å². The van der Waals surface area contributed by atoms with Gasteiger partial charge in [-0.05, 0) is 12.8 Å². The molecule has 1 rings (SSSR count). The third-order valence-corrected chi connectivity index (χ3v) is 2.04. The highest BCUT2D eigenvalue weighted by Gasteiger charge is 2.07. The van der Waals surface area contributed by atoms with Crippen LogP contribution >= 0.6 is 0 Å². The molecule has 0 aliphatic heterocycles. The van der Waals surface area contributed by atoms with Crippen molar-refractivity contribution in [2.75, 3.05) is 25.6 Å². The second kappa shape index (κ2) is 7.65. The number of anilines is 1. The quantitative estimate of drug-likeness (QED) is 0.700. The molecule has 1 aromatic rings. The van der Waals surface area contributed by atoms with Crippen LogP contribution in [-0.2, 0) is 0 Å². The maximum absolute atomic E-state index is 5.43. The number of aromatic nitrogens is 3. The molecule has 17 heavy (non-hydrogen) atoms. The number of nitrogens with zero attached hydrogens (tertiary/aromatic N) is 3. The minimum atomic E-state index is 0.269. The summed E-state index contributed by atoms with van der Waals surface area (Å²) in [7, 11) is 1.52. The molecular weight excluding hydrogens is 220 g/mol. The molecule has 6 heteroatoms. The summed E-state index contributed by atoms with van der Waals surface area (Å²) in [5.41, 5.74) is 0. The fourth-order valence-electron chi connectivity index (χ4n) is 1.12. The lowest BCUT2D eigenvalue weighted by Gasteiger charge is -2.07. The van der Waals surface area contributed by atoms with Crippen LogP contribution in [-0.4, -0.2) is 35.2 Å². The van der Waals surface area contributed by atoms with Crippen molar-refractivity contribution in [1.82, 2.24) is 15.0 Å². The molecule has 0 aromatic carbocycles. The summed E-state index contributed by atoms with van der Waals surface area (Å²) in [5, 5.41) is 3.08. The van der Waals surface area contributed by atoms with Crippen LogP contribution in [0.15, 0.2) is 0 Å². The number of rotatable bonds is 8. The van der Waals surface area contributed by atoms with Gasteiger partial charge >= 0.3 is 12.0 Å². The van der Waals surface area contributed by atoms with Crippen molar-refractivity contribution in [3.05, 3.63) is 0 Å². The van der Waals surface area contributed by atoms with Gasteiger partial charge in [0.1, 0.15) is 0 Å². The van der Waals surface area contributed by atoms with Gasteiger partial charge in [-0.1, -0.05) is 20.3 Å². The molecule has 0 radical (unpaired) electrons. The van der Waals surface area contributed by atoms with Gasteiger partial charge in [-0.2, -0.15) is 9.97 Å². The lowest BCUT2D eigenvalue weighted by Crippen LogP contribution is -2.09. The summed E-state index contributed by atoms with van der Waals surface area (Å²) in [5.74, 6) is 0.491. The predicted octanol–water partition coefficient (Wildman–Crippen LogP) is 1.88. The van der Waals surface area contributed by atoms with Crippen molar-refractivity contribution in [3.8, 4) is 12.0 Å². The number of unbranched alkanes of at least 4 members (excludes halogenated alkanes) is 1. The fourth-order valence-corrected chi connectivity index (χ4v) is 1.12. The zero-order chi connectivity index (χ0) is 12.5. The van der Waals surface area contributed by atoms with Gasteiger partial charge in [-0.25, -0.2) is 0 Å². The molecule has 0 atom stereocenters. The largest absolute Gasteiger partial charge is 0.467 e. The zero-order valence-corrected chi connectivity index (χ0v) is 10.7. The molecule has 6 nitrogen and oxygen atoms in total. The van der Waals surface area contributed by atoms with E-state index in [1.54, 1.807) is 0 Å². The van der Waals surface area contributed by atoms with Crippen LogP contribution in [0, 0.1) is 0 Å². The van der Waals surface area contributed by atoms with Crippen molar-refractivity contribution in [3.63, 3.8) is 0 Å². The molecule has 0 spiro atoms. The number of nitrogens with one attached hydrogen (secondary N) is 1. The van der Waals surface area contributed by atoms with Gasteiger partial charge in [0.15, 0.2) is 0 Å². The Morgan fingerprint density at radius 2 is 1.82 bits per heavy atom. The van der Waals surface area contributed by atoms with Crippen LogP contribution < -0.4 is 14.8 Å². The number of hydrogen-bond donors (Lipinski definition) is 1. The van der Waals surface area contributed by atoms with E-state index in [2.05, 4.69) is 34.1 Å². The summed E-state index contributed by atoms with van der Waals surface area (Å²) in [6, 6.07) is 0.578. The Balaban J connectivity index is 2.67. The summed E-state index contributed by atoms with van der Waals surface area (Å²) in [6.45, 7) is 5.59. The molecule has 0 unspecified atom stereocenters. The smallest absolute Gasteiger partial charge is 0.324 e. The number of ether oxygens (including phenoxy) is 2. The first kappa shape index (κ1) is 13.5. The minimum Gasteiger partial charge on any atom is -0.467 e. The molecule has 0 saturated carbocycles. The Kier molecular flexibility index (Phi) is 6.06. The molecule has 0 amide bonds. The third-order valence-electron chi connectivity index (χ3n) is 2.04. The van der Waals surface area contributed by atoms with Gasteiger partial charge in [-0.3, -0.25) is 0 Å². The molecule has 0 bridgehead atoms. The van der Waals surface area contributed by atoms with E-state index in [1.165, 1.54) is 7.11 Å². The molecule has 0 fully saturated rings. The predicted molar refractivity (Wildman–Crippen MR) is 65.6 cm³/mol. The molecule has 0 saturated heterocycles. The first-order valence-corrected chi connectivity index (χ1v) is 5.96.